The monoisotopic (exact) mass is 373 g/mol. The molecule has 0 aliphatic heterocycles. The lowest BCUT2D eigenvalue weighted by molar-refractivity contribution is 0.466. The zero-order valence-corrected chi connectivity index (χ0v) is 15.8. The van der Waals surface area contributed by atoms with Gasteiger partial charge in [-0.15, -0.1) is 0 Å². The van der Waals surface area contributed by atoms with E-state index >= 15 is 0 Å². The lowest BCUT2D eigenvalue weighted by atomic mass is 9.99. The topological polar surface area (TPSA) is 12.0 Å². The molecular weight excluding hydrogens is 346 g/mol. The number of unbranched alkanes of at least 4 members (excludes halogenated alkanes) is 5. The highest BCUT2D eigenvalue weighted by atomic mass is 79.9. The van der Waals surface area contributed by atoms with E-state index in [9.17, 15) is 0 Å². The van der Waals surface area contributed by atoms with Crippen molar-refractivity contribution in [3.63, 3.8) is 0 Å². The first-order chi connectivity index (χ1) is 10.2. The molecule has 1 aromatic carbocycles. The third-order valence-electron chi connectivity index (χ3n) is 3.84. The summed E-state index contributed by atoms with van der Waals surface area (Å²) in [5, 5.41) is 4.51. The van der Waals surface area contributed by atoms with E-state index in [-0.39, 0.29) is 0 Å². The molecule has 1 unspecified atom stereocenters. The van der Waals surface area contributed by atoms with Gasteiger partial charge in [0, 0.05) is 10.5 Å². The second kappa shape index (κ2) is 11.5. The van der Waals surface area contributed by atoms with Gasteiger partial charge in [-0.1, -0.05) is 76.1 Å². The molecule has 0 spiro atoms. The average Bonchev–Trinajstić information content (AvgIpc) is 2.49. The van der Waals surface area contributed by atoms with Gasteiger partial charge in [0.15, 0.2) is 0 Å². The number of rotatable bonds is 11. The largest absolute Gasteiger partial charge is 0.310 e. The van der Waals surface area contributed by atoms with Crippen molar-refractivity contribution in [3.05, 3.63) is 33.3 Å². The standard InChI is InChI=1S/C18H29BrClN/c1-3-5-6-7-8-9-13-17(21-14-4-2)15-11-10-12-16(19)18(15)20/h10-12,17,21H,3-9,13-14H2,1-2H3. The Kier molecular flexibility index (Phi) is 10.4. The fourth-order valence-corrected chi connectivity index (χ4v) is 3.24. The van der Waals surface area contributed by atoms with Crippen molar-refractivity contribution < 1.29 is 0 Å². The van der Waals surface area contributed by atoms with E-state index in [0.29, 0.717) is 6.04 Å². The Balaban J connectivity index is 2.53. The fourth-order valence-electron chi connectivity index (χ4n) is 2.60. The summed E-state index contributed by atoms with van der Waals surface area (Å²) in [7, 11) is 0. The van der Waals surface area contributed by atoms with Crippen molar-refractivity contribution in [2.75, 3.05) is 6.54 Å². The second-order valence-electron chi connectivity index (χ2n) is 5.71. The number of halogens is 2. The molecule has 0 fully saturated rings. The molecule has 0 saturated heterocycles. The molecule has 1 N–H and O–H groups in total. The highest BCUT2D eigenvalue weighted by molar-refractivity contribution is 9.10. The van der Waals surface area contributed by atoms with Crippen molar-refractivity contribution in [1.29, 1.82) is 0 Å². The molecule has 1 rings (SSSR count). The van der Waals surface area contributed by atoms with Crippen molar-refractivity contribution in [2.45, 2.75) is 71.3 Å². The summed E-state index contributed by atoms with van der Waals surface area (Å²) in [6, 6.07) is 6.61. The van der Waals surface area contributed by atoms with Crippen molar-refractivity contribution in [3.8, 4) is 0 Å². The number of nitrogens with one attached hydrogen (secondary N) is 1. The summed E-state index contributed by atoms with van der Waals surface area (Å²) in [5.41, 5.74) is 1.23. The highest BCUT2D eigenvalue weighted by Crippen LogP contribution is 2.32. The van der Waals surface area contributed by atoms with Crippen LogP contribution in [0.15, 0.2) is 22.7 Å². The highest BCUT2D eigenvalue weighted by Gasteiger charge is 2.15. The summed E-state index contributed by atoms with van der Waals surface area (Å²) in [6.45, 7) is 5.51. The van der Waals surface area contributed by atoms with Crippen LogP contribution in [0.25, 0.3) is 0 Å². The molecule has 1 nitrogen and oxygen atoms in total. The Morgan fingerprint density at radius 3 is 2.48 bits per heavy atom. The van der Waals surface area contributed by atoms with Crippen LogP contribution < -0.4 is 5.32 Å². The van der Waals surface area contributed by atoms with E-state index in [1.54, 1.807) is 0 Å². The third kappa shape index (κ3) is 7.17. The maximum absolute atomic E-state index is 6.46. The molecule has 3 heteroatoms. The maximum atomic E-state index is 6.46. The smallest absolute Gasteiger partial charge is 0.0595 e. The maximum Gasteiger partial charge on any atom is 0.0595 e. The van der Waals surface area contributed by atoms with Crippen molar-refractivity contribution in [2.24, 2.45) is 0 Å². The van der Waals surface area contributed by atoms with E-state index < -0.39 is 0 Å². The van der Waals surface area contributed by atoms with Crippen LogP contribution in [0.1, 0.15) is 76.8 Å². The van der Waals surface area contributed by atoms with Crippen LogP contribution >= 0.6 is 27.5 Å². The van der Waals surface area contributed by atoms with E-state index in [1.807, 2.05) is 6.07 Å². The summed E-state index contributed by atoms with van der Waals surface area (Å²) in [5.74, 6) is 0. The average molecular weight is 375 g/mol. The minimum atomic E-state index is 0.376. The third-order valence-corrected chi connectivity index (χ3v) is 5.15. The van der Waals surface area contributed by atoms with Gasteiger partial charge < -0.3 is 5.32 Å². The molecule has 1 atom stereocenters. The van der Waals surface area contributed by atoms with Crippen molar-refractivity contribution in [1.82, 2.24) is 5.32 Å². The number of hydrogen-bond acceptors (Lipinski definition) is 1. The molecule has 0 aromatic heterocycles. The van der Waals surface area contributed by atoms with Crippen LogP contribution in [0.5, 0.6) is 0 Å². The van der Waals surface area contributed by atoms with Crippen molar-refractivity contribution >= 4 is 27.5 Å². The quantitative estimate of drug-likeness (QED) is 0.416. The van der Waals surface area contributed by atoms with Crippen LogP contribution in [0, 0.1) is 0 Å². The lowest BCUT2D eigenvalue weighted by Crippen LogP contribution is -2.22. The molecule has 0 radical (unpaired) electrons. The Bertz CT molecular complexity index is 395. The molecule has 0 saturated carbocycles. The zero-order chi connectivity index (χ0) is 15.5. The van der Waals surface area contributed by atoms with Crippen LogP contribution in [0.4, 0.5) is 0 Å². The molecular formula is C18H29BrClN. The van der Waals surface area contributed by atoms with Crippen LogP contribution in [-0.2, 0) is 0 Å². The number of hydrogen-bond donors (Lipinski definition) is 1. The fraction of sp³-hybridized carbons (Fsp3) is 0.667. The first-order valence-corrected chi connectivity index (χ1v) is 9.55. The van der Waals surface area contributed by atoms with Gasteiger partial charge in [0.2, 0.25) is 0 Å². The zero-order valence-electron chi connectivity index (χ0n) is 13.4. The Labute approximate surface area is 144 Å². The van der Waals surface area contributed by atoms with Gasteiger partial charge in [0.25, 0.3) is 0 Å². The first-order valence-electron chi connectivity index (χ1n) is 8.38. The molecule has 120 valence electrons. The Morgan fingerprint density at radius 2 is 1.76 bits per heavy atom. The summed E-state index contributed by atoms with van der Waals surface area (Å²) in [6.07, 6.45) is 10.3. The van der Waals surface area contributed by atoms with E-state index in [0.717, 1.165) is 22.5 Å². The normalized spacial score (nSPS) is 12.6. The second-order valence-corrected chi connectivity index (χ2v) is 6.94. The Morgan fingerprint density at radius 1 is 1.05 bits per heavy atom. The van der Waals surface area contributed by atoms with E-state index in [2.05, 4.69) is 47.2 Å². The van der Waals surface area contributed by atoms with Gasteiger partial charge in [-0.2, -0.15) is 0 Å². The number of benzene rings is 1. The van der Waals surface area contributed by atoms with Crippen LogP contribution in [0.2, 0.25) is 5.02 Å². The summed E-state index contributed by atoms with van der Waals surface area (Å²) in [4.78, 5) is 0. The van der Waals surface area contributed by atoms with Gasteiger partial charge in [-0.25, -0.2) is 0 Å². The van der Waals surface area contributed by atoms with Gasteiger partial charge in [-0.05, 0) is 46.9 Å². The first kappa shape index (κ1) is 19.0. The molecule has 0 bridgehead atoms. The summed E-state index contributed by atoms with van der Waals surface area (Å²) >= 11 is 9.99. The minimum Gasteiger partial charge on any atom is -0.310 e. The van der Waals surface area contributed by atoms with Crippen LogP contribution in [0.3, 0.4) is 0 Å². The van der Waals surface area contributed by atoms with E-state index in [4.69, 9.17) is 11.6 Å². The van der Waals surface area contributed by atoms with Crippen LogP contribution in [-0.4, -0.2) is 6.54 Å². The molecule has 0 amide bonds. The minimum absolute atomic E-state index is 0.376. The molecule has 0 heterocycles. The summed E-state index contributed by atoms with van der Waals surface area (Å²) < 4.78 is 0.993. The Hall–Kier alpha value is -0.0500. The molecule has 0 aliphatic rings. The predicted molar refractivity (Wildman–Crippen MR) is 98.2 cm³/mol. The molecule has 0 aliphatic carbocycles. The molecule has 21 heavy (non-hydrogen) atoms. The predicted octanol–water partition coefficient (Wildman–Crippen LogP) is 6.89. The SMILES string of the molecule is CCCCCCCCC(NCCC)c1cccc(Br)c1Cl. The van der Waals surface area contributed by atoms with Gasteiger partial charge in [0.05, 0.1) is 5.02 Å². The van der Waals surface area contributed by atoms with E-state index in [1.165, 1.54) is 50.5 Å². The molecule has 1 aromatic rings. The van der Waals surface area contributed by atoms with Gasteiger partial charge in [-0.3, -0.25) is 0 Å². The van der Waals surface area contributed by atoms with Gasteiger partial charge in [0.1, 0.15) is 0 Å². The van der Waals surface area contributed by atoms with Gasteiger partial charge >= 0.3 is 0 Å². The lowest BCUT2D eigenvalue weighted by Gasteiger charge is -2.20.